The molecule has 0 fully saturated rings. The molecule has 0 unspecified atom stereocenters. The van der Waals surface area contributed by atoms with E-state index in [1.165, 1.54) is 0 Å². The lowest BCUT2D eigenvalue weighted by atomic mass is 9.94. The van der Waals surface area contributed by atoms with E-state index in [-0.39, 0.29) is 17.1 Å². The third-order valence-corrected chi connectivity index (χ3v) is 4.02. The summed E-state index contributed by atoms with van der Waals surface area (Å²) >= 11 is 0.224. The minimum absolute atomic E-state index is 0.224. The van der Waals surface area contributed by atoms with Gasteiger partial charge in [-0.25, -0.2) is 4.79 Å². The van der Waals surface area contributed by atoms with Crippen LogP contribution >= 0.6 is 11.5 Å². The average molecular weight is 400 g/mol. The lowest BCUT2D eigenvalue weighted by molar-refractivity contribution is -0.140. The van der Waals surface area contributed by atoms with Crippen LogP contribution in [0.2, 0.25) is 0 Å². The summed E-state index contributed by atoms with van der Waals surface area (Å²) in [6.07, 6.45) is -9.80. The number of nitrogens with zero attached hydrogens (tertiary/aromatic N) is 1. The van der Waals surface area contributed by atoms with E-state index in [4.69, 9.17) is 10.8 Å². The molecule has 1 aromatic heterocycles. The number of carboxylic acid groups (broad SMARTS) is 1. The molecule has 11 heteroatoms. The van der Waals surface area contributed by atoms with Gasteiger partial charge in [-0.2, -0.15) is 30.7 Å². The highest BCUT2D eigenvalue weighted by Crippen LogP contribution is 2.44. The van der Waals surface area contributed by atoms with Crippen molar-refractivity contribution >= 4 is 23.2 Å². The van der Waals surface area contributed by atoms with Gasteiger partial charge in [0.25, 0.3) is 0 Å². The number of halogens is 6. The molecular formula is C15H14F6N2O2S. The Morgan fingerprint density at radius 2 is 1.65 bits per heavy atom. The fourth-order valence-electron chi connectivity index (χ4n) is 2.08. The molecule has 1 aromatic carbocycles. The predicted octanol–water partition coefficient (Wildman–Crippen LogP) is 5.46. The molecule has 26 heavy (non-hydrogen) atoms. The first-order valence-corrected chi connectivity index (χ1v) is 7.89. The van der Waals surface area contributed by atoms with E-state index >= 15 is 0 Å². The van der Waals surface area contributed by atoms with Crippen LogP contribution in [0.1, 0.15) is 41.0 Å². The number of carbonyl (C=O) groups is 1. The normalized spacial score (nSPS) is 11.7. The van der Waals surface area contributed by atoms with Gasteiger partial charge in [0.1, 0.15) is 0 Å². The summed E-state index contributed by atoms with van der Waals surface area (Å²) in [5.74, 6) is -1.67. The minimum atomic E-state index is -4.99. The molecule has 0 aliphatic rings. The number of hydrogen-bond donors (Lipinski definition) is 2. The monoisotopic (exact) mass is 400 g/mol. The zero-order valence-electron chi connectivity index (χ0n) is 13.7. The molecule has 0 spiro atoms. The first-order chi connectivity index (χ1) is 11.8. The molecule has 0 aliphatic heterocycles. The van der Waals surface area contributed by atoms with E-state index in [0.717, 1.165) is 6.92 Å². The minimum Gasteiger partial charge on any atom is -0.478 e. The molecule has 0 amide bonds. The maximum absolute atomic E-state index is 13.3. The van der Waals surface area contributed by atoms with Crippen molar-refractivity contribution in [2.45, 2.75) is 33.1 Å². The van der Waals surface area contributed by atoms with Crippen LogP contribution in [0.15, 0.2) is 12.1 Å². The summed E-state index contributed by atoms with van der Waals surface area (Å²) in [6, 6.07) is 0.787. The zero-order chi connectivity index (χ0) is 20.4. The smallest absolute Gasteiger partial charge is 0.434 e. The van der Waals surface area contributed by atoms with Crippen LogP contribution < -0.4 is 5.73 Å². The summed E-state index contributed by atoms with van der Waals surface area (Å²) in [4.78, 5) is 10.6. The van der Waals surface area contributed by atoms with Crippen LogP contribution in [-0.2, 0) is 12.4 Å². The SMILES string of the molecule is CC.Cc1c(N)c(C(=O)O)cc(C(F)(F)F)c1-c1cc(C(F)(F)F)ns1. The first-order valence-electron chi connectivity index (χ1n) is 7.12. The summed E-state index contributed by atoms with van der Waals surface area (Å²) < 4.78 is 80.7. The van der Waals surface area contributed by atoms with Gasteiger partial charge in [0.05, 0.1) is 16.0 Å². The maximum Gasteiger partial charge on any atom is 0.434 e. The highest BCUT2D eigenvalue weighted by molar-refractivity contribution is 7.09. The van der Waals surface area contributed by atoms with E-state index < -0.39 is 51.3 Å². The Morgan fingerprint density at radius 3 is 2.04 bits per heavy atom. The molecule has 1 heterocycles. The Balaban J connectivity index is 0.00000163. The molecule has 2 rings (SSSR count). The molecule has 0 atom stereocenters. The third kappa shape index (κ3) is 4.26. The van der Waals surface area contributed by atoms with Crippen LogP contribution in [0.25, 0.3) is 10.4 Å². The lowest BCUT2D eigenvalue weighted by Crippen LogP contribution is -2.13. The van der Waals surface area contributed by atoms with Crippen molar-refractivity contribution in [2.75, 3.05) is 5.73 Å². The van der Waals surface area contributed by atoms with Crippen molar-refractivity contribution in [1.29, 1.82) is 0 Å². The first kappa shape index (κ1) is 21.7. The number of nitrogens with two attached hydrogens (primary N) is 1. The van der Waals surface area contributed by atoms with Crippen molar-refractivity contribution in [3.63, 3.8) is 0 Å². The van der Waals surface area contributed by atoms with Crippen LogP contribution in [-0.4, -0.2) is 15.4 Å². The Bertz CT molecular complexity index is 812. The topological polar surface area (TPSA) is 76.2 Å². The number of aromatic nitrogens is 1. The average Bonchev–Trinajstić information content (AvgIpc) is 3.00. The predicted molar refractivity (Wildman–Crippen MR) is 85.0 cm³/mol. The van der Waals surface area contributed by atoms with Gasteiger partial charge in [-0.15, -0.1) is 0 Å². The molecule has 0 saturated heterocycles. The van der Waals surface area contributed by atoms with Crippen LogP contribution in [0.3, 0.4) is 0 Å². The van der Waals surface area contributed by atoms with Gasteiger partial charge in [-0.3, -0.25) is 0 Å². The number of rotatable bonds is 2. The van der Waals surface area contributed by atoms with Crippen molar-refractivity contribution in [3.8, 4) is 10.4 Å². The Morgan fingerprint density at radius 1 is 1.12 bits per heavy atom. The molecule has 4 nitrogen and oxygen atoms in total. The van der Waals surface area contributed by atoms with Gasteiger partial charge >= 0.3 is 18.3 Å². The number of nitrogen functional groups attached to an aromatic ring is 1. The Hall–Kier alpha value is -2.30. The van der Waals surface area contributed by atoms with Crippen LogP contribution in [0.5, 0.6) is 0 Å². The van der Waals surface area contributed by atoms with E-state index in [2.05, 4.69) is 4.37 Å². The largest absolute Gasteiger partial charge is 0.478 e. The van der Waals surface area contributed by atoms with Gasteiger partial charge in [0.15, 0.2) is 5.69 Å². The standard InChI is InChI=1S/C13H8F6N2O2S.C2H6/c1-4-9(7-3-8(21-24-7)13(17,18)19)6(12(14,15)16)2-5(10(4)20)11(22)23;1-2/h2-3H,20H2,1H3,(H,22,23);1-2H3. The highest BCUT2D eigenvalue weighted by atomic mass is 32.1. The van der Waals surface area contributed by atoms with Crippen molar-refractivity contribution in [3.05, 3.63) is 34.5 Å². The number of alkyl halides is 6. The molecule has 0 bridgehead atoms. The molecule has 144 valence electrons. The van der Waals surface area contributed by atoms with E-state index in [1.807, 2.05) is 13.8 Å². The van der Waals surface area contributed by atoms with Crippen molar-refractivity contribution in [1.82, 2.24) is 4.37 Å². The Kier molecular flexibility index (Phi) is 6.29. The highest BCUT2D eigenvalue weighted by Gasteiger charge is 2.39. The molecule has 0 radical (unpaired) electrons. The van der Waals surface area contributed by atoms with E-state index in [9.17, 15) is 31.1 Å². The maximum atomic E-state index is 13.3. The van der Waals surface area contributed by atoms with Crippen LogP contribution in [0, 0.1) is 6.92 Å². The van der Waals surface area contributed by atoms with E-state index in [0.29, 0.717) is 12.1 Å². The molecular weight excluding hydrogens is 386 g/mol. The van der Waals surface area contributed by atoms with Gasteiger partial charge in [0.2, 0.25) is 0 Å². The second-order valence-electron chi connectivity index (χ2n) is 4.76. The number of carboxylic acids is 1. The third-order valence-electron chi connectivity index (χ3n) is 3.21. The number of hydrogen-bond acceptors (Lipinski definition) is 4. The summed E-state index contributed by atoms with van der Waals surface area (Å²) in [6.45, 7) is 5.11. The number of aromatic carboxylic acids is 1. The quantitative estimate of drug-likeness (QED) is 0.518. The van der Waals surface area contributed by atoms with Gasteiger partial charge in [-0.05, 0) is 36.2 Å². The summed E-state index contributed by atoms with van der Waals surface area (Å²) in [5.41, 5.74) is 0.701. The number of benzene rings is 1. The molecule has 0 aliphatic carbocycles. The van der Waals surface area contributed by atoms with Gasteiger partial charge < -0.3 is 10.8 Å². The second-order valence-corrected chi connectivity index (χ2v) is 5.57. The molecule has 0 saturated carbocycles. The van der Waals surface area contributed by atoms with Crippen LogP contribution in [0.4, 0.5) is 32.0 Å². The fraction of sp³-hybridized carbons (Fsp3) is 0.333. The van der Waals surface area contributed by atoms with Gasteiger partial charge in [0, 0.05) is 11.3 Å². The zero-order valence-corrected chi connectivity index (χ0v) is 14.5. The molecule has 3 N–H and O–H groups in total. The van der Waals surface area contributed by atoms with Gasteiger partial charge in [-0.1, -0.05) is 13.8 Å². The van der Waals surface area contributed by atoms with E-state index in [1.54, 1.807) is 0 Å². The van der Waals surface area contributed by atoms with Crippen molar-refractivity contribution < 1.29 is 36.2 Å². The fourth-order valence-corrected chi connectivity index (χ4v) is 2.95. The summed E-state index contributed by atoms with van der Waals surface area (Å²) in [7, 11) is 0. The summed E-state index contributed by atoms with van der Waals surface area (Å²) in [5, 5.41) is 8.95. The number of anilines is 1. The second kappa shape index (κ2) is 7.52. The molecule has 2 aromatic rings. The Labute approximate surface area is 148 Å². The van der Waals surface area contributed by atoms with Crippen molar-refractivity contribution in [2.24, 2.45) is 0 Å². The lowest BCUT2D eigenvalue weighted by Gasteiger charge is -2.17.